The van der Waals surface area contributed by atoms with Crippen LogP contribution in [0.3, 0.4) is 0 Å². The highest BCUT2D eigenvalue weighted by atomic mass is 32.2. The molecule has 0 aliphatic carbocycles. The zero-order valence-electron chi connectivity index (χ0n) is 12.7. The van der Waals surface area contributed by atoms with E-state index in [1.165, 1.54) is 0 Å². The molecule has 23 heavy (non-hydrogen) atoms. The van der Waals surface area contributed by atoms with Gasteiger partial charge in [-0.15, -0.1) is 11.3 Å². The zero-order chi connectivity index (χ0) is 16.1. The Morgan fingerprint density at radius 3 is 2.83 bits per heavy atom. The third-order valence-electron chi connectivity index (χ3n) is 3.30. The van der Waals surface area contributed by atoms with Gasteiger partial charge in [0, 0.05) is 39.9 Å². The quantitative estimate of drug-likeness (QED) is 0.659. The second-order valence-electron chi connectivity index (χ2n) is 4.93. The molecule has 0 amide bonds. The molecule has 3 aromatic rings. The van der Waals surface area contributed by atoms with Gasteiger partial charge < -0.3 is 4.74 Å². The van der Waals surface area contributed by atoms with Crippen molar-refractivity contribution in [3.63, 3.8) is 0 Å². The van der Waals surface area contributed by atoms with Crippen molar-refractivity contribution < 1.29 is 8.95 Å². The predicted octanol–water partition coefficient (Wildman–Crippen LogP) is 2.96. The summed E-state index contributed by atoms with van der Waals surface area (Å²) in [5.74, 6) is 1.88. The van der Waals surface area contributed by atoms with Crippen LogP contribution in [0.15, 0.2) is 48.1 Å². The van der Waals surface area contributed by atoms with E-state index in [9.17, 15) is 4.21 Å². The molecule has 2 heterocycles. The minimum Gasteiger partial charge on any atom is -0.497 e. The minimum absolute atomic E-state index is 0.480. The van der Waals surface area contributed by atoms with E-state index in [4.69, 9.17) is 4.74 Å². The van der Waals surface area contributed by atoms with E-state index in [0.29, 0.717) is 18.1 Å². The lowest BCUT2D eigenvalue weighted by atomic mass is 10.2. The van der Waals surface area contributed by atoms with Gasteiger partial charge in [-0.25, -0.2) is 4.98 Å². The number of benzene rings is 1. The number of thiazole rings is 1. The Hall–Kier alpha value is -1.99. The Balaban J connectivity index is 1.58. The summed E-state index contributed by atoms with van der Waals surface area (Å²) in [7, 11) is 0.707. The lowest BCUT2D eigenvalue weighted by Crippen LogP contribution is -2.09. The molecule has 0 bridgehead atoms. The van der Waals surface area contributed by atoms with Crippen molar-refractivity contribution >= 4 is 22.1 Å². The molecular formula is C16H17N3O2S2. The number of aromatic nitrogens is 3. The number of nitrogens with zero attached hydrogens (tertiary/aromatic N) is 3. The Morgan fingerprint density at radius 2 is 2.13 bits per heavy atom. The second kappa shape index (κ2) is 7.52. The van der Waals surface area contributed by atoms with Crippen molar-refractivity contribution in [1.29, 1.82) is 0 Å². The Morgan fingerprint density at radius 1 is 1.30 bits per heavy atom. The van der Waals surface area contributed by atoms with E-state index in [-0.39, 0.29) is 0 Å². The fraction of sp³-hybridized carbons (Fsp3) is 0.250. The van der Waals surface area contributed by atoms with E-state index in [1.54, 1.807) is 29.3 Å². The summed E-state index contributed by atoms with van der Waals surface area (Å²) >= 11 is 1.57. The Labute approximate surface area is 141 Å². The standard InChI is InChI=1S/C16H17N3O2S2/c1-21-15-5-3-13(4-6-15)16-18-14(11-22-16)12-23(20)10-9-19-8-2-7-17-19/h2-8,11H,9-10,12H2,1H3/t23-/m0/s1. The fourth-order valence-corrected chi connectivity index (χ4v) is 4.05. The third-order valence-corrected chi connectivity index (χ3v) is 5.50. The SMILES string of the molecule is COc1ccc(-c2nc(C[S@@](=O)CCn3cccn3)cs2)cc1. The first-order valence-electron chi connectivity index (χ1n) is 7.16. The van der Waals surface area contributed by atoms with Crippen LogP contribution < -0.4 is 4.74 Å². The summed E-state index contributed by atoms with van der Waals surface area (Å²) in [6.07, 6.45) is 3.60. The van der Waals surface area contributed by atoms with Gasteiger partial charge in [-0.1, -0.05) is 0 Å². The molecule has 0 N–H and O–H groups in total. The van der Waals surface area contributed by atoms with Crippen molar-refractivity contribution in [2.45, 2.75) is 12.3 Å². The normalized spacial score (nSPS) is 12.2. The van der Waals surface area contributed by atoms with Crippen molar-refractivity contribution in [2.75, 3.05) is 12.9 Å². The van der Waals surface area contributed by atoms with E-state index in [2.05, 4.69) is 10.1 Å². The van der Waals surface area contributed by atoms with Crippen molar-refractivity contribution in [3.8, 4) is 16.3 Å². The van der Waals surface area contributed by atoms with Crippen LogP contribution >= 0.6 is 11.3 Å². The number of methoxy groups -OCH3 is 1. The molecular weight excluding hydrogens is 330 g/mol. The summed E-state index contributed by atoms with van der Waals surface area (Å²) in [4.78, 5) is 4.58. The van der Waals surface area contributed by atoms with Crippen LogP contribution in [0.2, 0.25) is 0 Å². The molecule has 1 aromatic carbocycles. The van der Waals surface area contributed by atoms with Gasteiger partial charge in [0.25, 0.3) is 0 Å². The largest absolute Gasteiger partial charge is 0.497 e. The molecule has 2 aromatic heterocycles. The summed E-state index contributed by atoms with van der Waals surface area (Å²) < 4.78 is 19.1. The van der Waals surface area contributed by atoms with E-state index in [1.807, 2.05) is 41.9 Å². The van der Waals surface area contributed by atoms with Crippen LogP contribution in [-0.2, 0) is 23.1 Å². The average Bonchev–Trinajstić information content (AvgIpc) is 3.25. The van der Waals surface area contributed by atoms with Gasteiger partial charge in [-0.05, 0) is 30.3 Å². The van der Waals surface area contributed by atoms with Crippen LogP contribution in [0.4, 0.5) is 0 Å². The molecule has 0 aliphatic heterocycles. The number of ether oxygens (including phenoxy) is 1. The molecule has 3 rings (SSSR count). The van der Waals surface area contributed by atoms with E-state index in [0.717, 1.165) is 22.0 Å². The summed E-state index contributed by atoms with van der Waals surface area (Å²) in [5, 5.41) is 7.03. The van der Waals surface area contributed by atoms with Crippen molar-refractivity contribution in [2.24, 2.45) is 0 Å². The smallest absolute Gasteiger partial charge is 0.123 e. The van der Waals surface area contributed by atoms with Crippen molar-refractivity contribution in [1.82, 2.24) is 14.8 Å². The highest BCUT2D eigenvalue weighted by Gasteiger charge is 2.08. The third kappa shape index (κ3) is 4.27. The number of rotatable bonds is 7. The lowest BCUT2D eigenvalue weighted by molar-refractivity contribution is 0.415. The molecule has 0 saturated carbocycles. The molecule has 0 unspecified atom stereocenters. The summed E-state index contributed by atoms with van der Waals surface area (Å²) in [5.41, 5.74) is 1.92. The van der Waals surface area contributed by atoms with Gasteiger partial charge in [0.2, 0.25) is 0 Å². The van der Waals surface area contributed by atoms with Crippen LogP contribution in [0.25, 0.3) is 10.6 Å². The van der Waals surface area contributed by atoms with Crippen molar-refractivity contribution in [3.05, 3.63) is 53.8 Å². The first kappa shape index (κ1) is 15.9. The Bertz CT molecular complexity index is 767. The monoisotopic (exact) mass is 347 g/mol. The Kier molecular flexibility index (Phi) is 5.19. The summed E-state index contributed by atoms with van der Waals surface area (Å²) in [6.45, 7) is 0.662. The van der Waals surface area contributed by atoms with E-state index >= 15 is 0 Å². The topological polar surface area (TPSA) is 57.0 Å². The van der Waals surface area contributed by atoms with Crippen LogP contribution in [0.1, 0.15) is 5.69 Å². The summed E-state index contributed by atoms with van der Waals surface area (Å²) in [6, 6.07) is 9.66. The highest BCUT2D eigenvalue weighted by Crippen LogP contribution is 2.26. The van der Waals surface area contributed by atoms with Crippen LogP contribution in [0, 0.1) is 0 Å². The average molecular weight is 347 g/mol. The molecule has 0 aliphatic rings. The highest BCUT2D eigenvalue weighted by molar-refractivity contribution is 7.84. The van der Waals surface area contributed by atoms with Crippen LogP contribution in [0.5, 0.6) is 5.75 Å². The first-order valence-corrected chi connectivity index (χ1v) is 9.52. The van der Waals surface area contributed by atoms with Gasteiger partial charge >= 0.3 is 0 Å². The molecule has 0 radical (unpaired) electrons. The van der Waals surface area contributed by atoms with Gasteiger partial charge in [0.15, 0.2) is 0 Å². The molecule has 0 saturated heterocycles. The molecule has 0 spiro atoms. The number of aryl methyl sites for hydroxylation is 1. The van der Waals surface area contributed by atoms with Gasteiger partial charge in [0.1, 0.15) is 10.8 Å². The second-order valence-corrected chi connectivity index (χ2v) is 7.36. The van der Waals surface area contributed by atoms with Gasteiger partial charge in [0.05, 0.1) is 25.1 Å². The first-order chi connectivity index (χ1) is 11.2. The van der Waals surface area contributed by atoms with Gasteiger partial charge in [-0.2, -0.15) is 5.10 Å². The molecule has 120 valence electrons. The molecule has 1 atom stereocenters. The predicted molar refractivity (Wildman–Crippen MR) is 93.0 cm³/mol. The molecule has 5 nitrogen and oxygen atoms in total. The maximum atomic E-state index is 12.2. The minimum atomic E-state index is -0.940. The number of hydrogen-bond acceptors (Lipinski definition) is 5. The molecule has 7 heteroatoms. The number of hydrogen-bond donors (Lipinski definition) is 0. The maximum absolute atomic E-state index is 12.2. The fourth-order valence-electron chi connectivity index (χ4n) is 2.10. The van der Waals surface area contributed by atoms with Crippen LogP contribution in [-0.4, -0.2) is 31.8 Å². The molecule has 0 fully saturated rings. The van der Waals surface area contributed by atoms with E-state index < -0.39 is 10.8 Å². The zero-order valence-corrected chi connectivity index (χ0v) is 14.3. The van der Waals surface area contributed by atoms with Gasteiger partial charge in [-0.3, -0.25) is 8.89 Å². The maximum Gasteiger partial charge on any atom is 0.123 e. The lowest BCUT2D eigenvalue weighted by Gasteiger charge is -2.01.